The minimum Gasteiger partial charge on any atom is -0.494 e. The van der Waals surface area contributed by atoms with Gasteiger partial charge in [-0.2, -0.15) is 0 Å². The molecule has 2 fully saturated rings. The number of rotatable bonds is 2. The van der Waals surface area contributed by atoms with Crippen molar-refractivity contribution in [3.05, 3.63) is 124 Å². The molecule has 2 aliphatic heterocycles. The fraction of sp³-hybridized carbons (Fsp3) is 0.400. The van der Waals surface area contributed by atoms with Crippen LogP contribution in [0.25, 0.3) is 17.0 Å². The van der Waals surface area contributed by atoms with Crippen LogP contribution < -0.4 is 0 Å². The topological polar surface area (TPSA) is 17.4 Å². The molecular weight excluding hydrogens is 524 g/mol. The molecule has 2 aromatic rings. The monoisotopic (exact) mass is 564 g/mol. The van der Waals surface area contributed by atoms with Crippen molar-refractivity contribution in [2.45, 2.75) is 82.4 Å². The Hall–Kier alpha value is -3.72. The second kappa shape index (κ2) is 9.39. The van der Waals surface area contributed by atoms with Crippen molar-refractivity contribution in [2.75, 3.05) is 0 Å². The van der Waals surface area contributed by atoms with E-state index in [9.17, 15) is 0 Å². The third-order valence-corrected chi connectivity index (χ3v) is 11.8. The summed E-state index contributed by atoms with van der Waals surface area (Å²) in [5.74, 6) is 2.91. The van der Waals surface area contributed by atoms with Crippen molar-refractivity contribution in [3.63, 3.8) is 0 Å². The summed E-state index contributed by atoms with van der Waals surface area (Å²) in [7, 11) is 0. The van der Waals surface area contributed by atoms with Crippen molar-refractivity contribution in [1.29, 1.82) is 0 Å². The molecule has 0 spiro atoms. The Morgan fingerprint density at radius 3 is 2.79 bits per heavy atom. The summed E-state index contributed by atoms with van der Waals surface area (Å²) in [5, 5.41) is 1.41. The van der Waals surface area contributed by atoms with Crippen LogP contribution in [0.3, 0.4) is 0 Å². The average Bonchev–Trinajstić information content (AvgIpc) is 3.72. The SMILES string of the molecule is C1=CCC(n2c3c(c4ccccc42)C=C(N2C4=CCCC=C4C4C=CC5=C(CCC6OC7=CCCCC7C56)C42)CC3)C=C1. The number of hydrogen-bond acceptors (Lipinski definition) is 2. The Labute approximate surface area is 255 Å². The molecule has 0 radical (unpaired) electrons. The lowest BCUT2D eigenvalue weighted by atomic mass is 9.67. The van der Waals surface area contributed by atoms with Gasteiger partial charge in [0.25, 0.3) is 0 Å². The first-order valence-electron chi connectivity index (χ1n) is 17.0. The second-order valence-electron chi connectivity index (χ2n) is 13.9. The van der Waals surface area contributed by atoms with Gasteiger partial charge in [-0.1, -0.05) is 66.8 Å². The molecule has 1 aromatic heterocycles. The standard InChI is InChI=1S/C40H40N2O/c1-2-10-25(11-3-1)41-34-15-7-5-13-28(34)33-24-26(18-22-36(33)41)42-35-16-8-4-12-27(35)30-20-19-29-31(40(30)42)21-23-38-39(29)32-14-6-9-17-37(32)43-38/h1-3,5,7,10,12-13,15-17,19-20,24-25,30,32,38-40H,4,6,8-9,11,14,18,21-23H2. The molecule has 0 N–H and O–H groups in total. The van der Waals surface area contributed by atoms with Crippen LogP contribution >= 0.6 is 0 Å². The molecule has 3 heterocycles. The van der Waals surface area contributed by atoms with Gasteiger partial charge in [0.2, 0.25) is 0 Å². The smallest absolute Gasteiger partial charge is 0.106 e. The number of ether oxygens (including phenoxy) is 1. The van der Waals surface area contributed by atoms with Gasteiger partial charge in [0.05, 0.1) is 17.8 Å². The van der Waals surface area contributed by atoms with Crippen molar-refractivity contribution < 1.29 is 4.74 Å². The Kier molecular flexibility index (Phi) is 5.39. The zero-order valence-corrected chi connectivity index (χ0v) is 24.9. The molecule has 3 nitrogen and oxygen atoms in total. The van der Waals surface area contributed by atoms with E-state index >= 15 is 0 Å². The van der Waals surface area contributed by atoms with E-state index in [1.54, 1.807) is 16.7 Å². The largest absolute Gasteiger partial charge is 0.494 e. The molecule has 216 valence electrons. The van der Waals surface area contributed by atoms with Gasteiger partial charge in [-0.3, -0.25) is 0 Å². The Bertz CT molecular complexity index is 1800. The fourth-order valence-corrected chi connectivity index (χ4v) is 10.1. The summed E-state index contributed by atoms with van der Waals surface area (Å²) in [6, 6.07) is 9.94. The third kappa shape index (κ3) is 3.48. The van der Waals surface area contributed by atoms with Gasteiger partial charge in [-0.15, -0.1) is 0 Å². The van der Waals surface area contributed by atoms with E-state index in [0.29, 0.717) is 35.9 Å². The fourth-order valence-electron chi connectivity index (χ4n) is 10.1. The highest BCUT2D eigenvalue weighted by molar-refractivity contribution is 5.92. The number of aromatic nitrogens is 1. The summed E-state index contributed by atoms with van der Waals surface area (Å²) < 4.78 is 9.28. The number of benzene rings is 1. The molecule has 0 amide bonds. The van der Waals surface area contributed by atoms with E-state index < -0.39 is 0 Å². The molecule has 6 aliphatic carbocycles. The molecule has 0 saturated carbocycles. The lowest BCUT2D eigenvalue weighted by molar-refractivity contribution is 0.122. The van der Waals surface area contributed by atoms with E-state index in [1.807, 2.05) is 0 Å². The summed E-state index contributed by atoms with van der Waals surface area (Å²) in [6.45, 7) is 0. The van der Waals surface area contributed by atoms with Crippen molar-refractivity contribution >= 4 is 17.0 Å². The quantitative estimate of drug-likeness (QED) is 0.362. The van der Waals surface area contributed by atoms with Crippen molar-refractivity contribution in [1.82, 2.24) is 9.47 Å². The maximum Gasteiger partial charge on any atom is 0.106 e. The van der Waals surface area contributed by atoms with E-state index in [1.165, 1.54) is 77.8 Å². The maximum atomic E-state index is 6.63. The second-order valence-corrected chi connectivity index (χ2v) is 13.9. The normalized spacial score (nSPS) is 33.4. The van der Waals surface area contributed by atoms with Gasteiger partial charge < -0.3 is 14.2 Å². The van der Waals surface area contributed by atoms with Crippen LogP contribution in [0.4, 0.5) is 0 Å². The molecular formula is C40H40N2O. The van der Waals surface area contributed by atoms with Crippen LogP contribution in [0.15, 0.2) is 113 Å². The Morgan fingerprint density at radius 1 is 0.884 bits per heavy atom. The zero-order chi connectivity index (χ0) is 28.1. The van der Waals surface area contributed by atoms with Gasteiger partial charge in [-0.05, 0) is 99.1 Å². The molecule has 10 rings (SSSR count). The highest BCUT2D eigenvalue weighted by atomic mass is 16.5. The van der Waals surface area contributed by atoms with E-state index in [0.717, 1.165) is 25.7 Å². The lowest BCUT2D eigenvalue weighted by Gasteiger charge is -2.41. The molecule has 8 aliphatic rings. The van der Waals surface area contributed by atoms with Gasteiger partial charge in [0, 0.05) is 51.3 Å². The Morgan fingerprint density at radius 2 is 1.84 bits per heavy atom. The molecule has 6 unspecified atom stereocenters. The third-order valence-electron chi connectivity index (χ3n) is 11.8. The highest BCUT2D eigenvalue weighted by Gasteiger charge is 2.52. The van der Waals surface area contributed by atoms with Crippen LogP contribution in [0.1, 0.15) is 75.1 Å². The minimum atomic E-state index is 0.371. The highest BCUT2D eigenvalue weighted by Crippen LogP contribution is 2.57. The first-order chi connectivity index (χ1) is 21.3. The van der Waals surface area contributed by atoms with E-state index in [-0.39, 0.29) is 0 Å². The summed E-state index contributed by atoms with van der Waals surface area (Å²) >= 11 is 0. The van der Waals surface area contributed by atoms with Crippen molar-refractivity contribution in [3.8, 4) is 0 Å². The molecule has 3 heteroatoms. The number of likely N-dealkylation sites (tertiary alicyclic amines) is 1. The summed E-state index contributed by atoms with van der Waals surface area (Å²) in [4.78, 5) is 2.83. The summed E-state index contributed by atoms with van der Waals surface area (Å²) in [5.41, 5.74) is 12.3. The minimum absolute atomic E-state index is 0.371. The first-order valence-corrected chi connectivity index (χ1v) is 17.0. The molecule has 2 saturated heterocycles. The number of fused-ring (bicyclic) bond motifs is 11. The molecule has 0 bridgehead atoms. The van der Waals surface area contributed by atoms with Gasteiger partial charge in [0.1, 0.15) is 6.10 Å². The number of nitrogens with zero attached hydrogens (tertiary/aromatic N) is 2. The van der Waals surface area contributed by atoms with Gasteiger partial charge in [-0.25, -0.2) is 0 Å². The van der Waals surface area contributed by atoms with E-state index in [2.05, 4.69) is 94.5 Å². The predicted molar refractivity (Wildman–Crippen MR) is 174 cm³/mol. The lowest BCUT2D eigenvalue weighted by Crippen LogP contribution is -2.40. The van der Waals surface area contributed by atoms with E-state index in [4.69, 9.17) is 4.74 Å². The van der Waals surface area contributed by atoms with Crippen LogP contribution in [0.2, 0.25) is 0 Å². The van der Waals surface area contributed by atoms with Gasteiger partial charge >= 0.3 is 0 Å². The maximum absolute atomic E-state index is 6.63. The molecule has 43 heavy (non-hydrogen) atoms. The predicted octanol–water partition coefficient (Wildman–Crippen LogP) is 9.25. The zero-order valence-electron chi connectivity index (χ0n) is 24.9. The number of hydrogen-bond donors (Lipinski definition) is 0. The first kappa shape index (κ1) is 24.7. The number of para-hydroxylation sites is 1. The molecule has 6 atom stereocenters. The average molecular weight is 565 g/mol. The van der Waals surface area contributed by atoms with Crippen LogP contribution in [-0.2, 0) is 11.2 Å². The van der Waals surface area contributed by atoms with Crippen LogP contribution in [-0.4, -0.2) is 21.6 Å². The van der Waals surface area contributed by atoms with Crippen molar-refractivity contribution in [2.24, 2.45) is 17.8 Å². The van der Waals surface area contributed by atoms with Crippen LogP contribution in [0.5, 0.6) is 0 Å². The van der Waals surface area contributed by atoms with Crippen LogP contribution in [0, 0.1) is 17.8 Å². The Balaban J connectivity index is 1.11. The molecule has 1 aromatic carbocycles. The summed E-state index contributed by atoms with van der Waals surface area (Å²) in [6.07, 6.45) is 36.5. The number of allylic oxidation sites excluding steroid dienone is 11. The van der Waals surface area contributed by atoms with Gasteiger partial charge in [0.15, 0.2) is 0 Å².